The molecule has 0 fully saturated rings. The summed E-state index contributed by atoms with van der Waals surface area (Å²) in [5, 5.41) is 16.7. The van der Waals surface area contributed by atoms with Crippen LogP contribution in [-0.4, -0.2) is 130 Å². The number of nitrogens with two attached hydrogens (primary N) is 2. The van der Waals surface area contributed by atoms with Crippen molar-refractivity contribution >= 4 is 97.9 Å². The number of hydrogen-bond donors (Lipinski definition) is 6. The third-order valence-electron chi connectivity index (χ3n) is 11.7. The number of allylic oxidation sites excluding steroid dienone is 2. The van der Waals surface area contributed by atoms with Gasteiger partial charge in [-0.15, -0.1) is 0 Å². The molecule has 6 aromatic rings. The van der Waals surface area contributed by atoms with Gasteiger partial charge in [-0.25, -0.2) is 24.7 Å². The molecule has 29 heteroatoms. The number of aliphatic carboxylic acids is 1. The van der Waals surface area contributed by atoms with Crippen LogP contribution in [0.3, 0.4) is 0 Å². The number of aryl methyl sites for hydroxylation is 4. The number of esters is 1. The molecular formula is C50H53N13O15S. The number of carboxylic acid groups (broad SMARTS) is 1. The molecule has 5 aromatic heterocycles. The van der Waals surface area contributed by atoms with Gasteiger partial charge in [0.1, 0.15) is 35.4 Å². The number of hydrogen-bond acceptors (Lipinski definition) is 19. The highest BCUT2D eigenvalue weighted by atomic mass is 32.1. The van der Waals surface area contributed by atoms with Gasteiger partial charge in [0, 0.05) is 63.7 Å². The molecule has 1 aliphatic heterocycles. The molecule has 0 saturated carbocycles. The summed E-state index contributed by atoms with van der Waals surface area (Å²) in [6.07, 6.45) is 6.55. The largest absolute Gasteiger partial charge is 0.491 e. The van der Waals surface area contributed by atoms with Gasteiger partial charge in [0.05, 0.1) is 34.9 Å². The Kier molecular flexibility index (Phi) is 18.0. The topological polar surface area (TPSA) is 401 Å². The molecule has 6 heterocycles. The number of carboxylic acids is 1. The molecule has 79 heavy (non-hydrogen) atoms. The quantitative estimate of drug-likeness (QED) is 0.0206. The Morgan fingerprint density at radius 1 is 0.848 bits per heavy atom. The van der Waals surface area contributed by atoms with Gasteiger partial charge in [-0.05, 0) is 44.4 Å². The van der Waals surface area contributed by atoms with Gasteiger partial charge < -0.3 is 50.1 Å². The van der Waals surface area contributed by atoms with Gasteiger partial charge in [-0.3, -0.25) is 57.9 Å². The Hall–Kier alpha value is -9.67. The van der Waals surface area contributed by atoms with Crippen LogP contribution in [-0.2, 0) is 59.4 Å². The van der Waals surface area contributed by atoms with Gasteiger partial charge in [0.15, 0.2) is 22.2 Å². The number of rotatable bonds is 25. The van der Waals surface area contributed by atoms with Crippen LogP contribution in [0.25, 0.3) is 21.4 Å². The van der Waals surface area contributed by atoms with Crippen LogP contribution in [0.1, 0.15) is 105 Å². The number of ether oxygens (including phenoxy) is 2. The van der Waals surface area contributed by atoms with Gasteiger partial charge >= 0.3 is 17.8 Å². The second-order valence-electron chi connectivity index (χ2n) is 17.5. The van der Waals surface area contributed by atoms with Gasteiger partial charge in [0.2, 0.25) is 41.1 Å². The van der Waals surface area contributed by atoms with E-state index in [1.807, 2.05) is 6.92 Å². The first kappa shape index (κ1) is 57.0. The maximum absolute atomic E-state index is 13.8. The summed E-state index contributed by atoms with van der Waals surface area (Å²) in [4.78, 5) is 149. The zero-order valence-corrected chi connectivity index (χ0v) is 44.0. The number of thiazole rings is 1. The predicted octanol–water partition coefficient (Wildman–Crippen LogP) is 1.70. The molecule has 0 unspecified atom stereocenters. The average Bonchev–Trinajstić information content (AvgIpc) is 4.25. The first-order valence-electron chi connectivity index (χ1n) is 24.4. The molecule has 1 aromatic carbocycles. The standard InChI is InChI=1S/C50H53N13O15S/c1-6-29-40(77-25(4)55-29)46(72)59-49-58-32-19-28(43(52)70)22-53-44(32)62(49)16-9-8-15-61-39-33(20-27(42(51)69)21-34(39)79-50(61)60-47(73)41-30(7-2)56-26(5)78-41)75-17-10-18-76-48(74)24(3)54-45(71)31(11-14-38(67)68)57-35(64)23-63-36(65)12-13-37(63)66/h8-9,12-13,19-22,24,31H,6-7,10-11,14-18,23H2,1-5H3,(H2,51,69)(H2,52,70)(H,54,71)(H,57,64)(H,67,68)(H,58,59,72)/b9-8+,60-50-/t24-,31-/m0/s1. The van der Waals surface area contributed by atoms with E-state index in [0.29, 0.717) is 45.2 Å². The van der Waals surface area contributed by atoms with E-state index in [4.69, 9.17) is 29.8 Å². The number of nitrogens with one attached hydrogen (secondary N) is 3. The number of carbonyl (C=O) groups excluding carboxylic acids is 9. The molecule has 0 radical (unpaired) electrons. The number of amides is 8. The minimum Gasteiger partial charge on any atom is -0.491 e. The maximum Gasteiger partial charge on any atom is 0.328 e. The number of oxazole rings is 2. The molecule has 8 N–H and O–H groups in total. The Morgan fingerprint density at radius 3 is 2.14 bits per heavy atom. The number of imidazole rings is 1. The summed E-state index contributed by atoms with van der Waals surface area (Å²) < 4.78 is 26.5. The fraction of sp³-hybridized carbons (Fsp3) is 0.340. The highest BCUT2D eigenvalue weighted by Crippen LogP contribution is 2.31. The number of fused-ring (bicyclic) bond motifs is 2. The lowest BCUT2D eigenvalue weighted by Gasteiger charge is -2.21. The molecule has 8 amide bonds. The monoisotopic (exact) mass is 1110 g/mol. The summed E-state index contributed by atoms with van der Waals surface area (Å²) in [6, 6.07) is 1.58. The van der Waals surface area contributed by atoms with Crippen molar-refractivity contribution in [1.82, 2.24) is 44.6 Å². The first-order chi connectivity index (χ1) is 37.6. The minimum atomic E-state index is -1.46. The van der Waals surface area contributed by atoms with Crippen LogP contribution in [0.4, 0.5) is 5.95 Å². The molecule has 7 rings (SSSR count). The number of anilines is 1. The van der Waals surface area contributed by atoms with Gasteiger partial charge in [0.25, 0.3) is 17.7 Å². The van der Waals surface area contributed by atoms with Crippen molar-refractivity contribution in [3.05, 3.63) is 99.3 Å². The lowest BCUT2D eigenvalue weighted by Crippen LogP contribution is -2.53. The molecular weight excluding hydrogens is 1050 g/mol. The SMILES string of the molecule is CCc1nc(C)oc1C(=O)/N=c1\sc2cc(C(N)=O)cc(OCCCOC(=O)[C@H](C)NC(=O)[C@H](CCC(=O)O)NC(=O)CN3C(=O)C=CC3=O)c2n1C/C=C/Cn1c(NC(=O)c2oc(C)nc2CC)nc2cc(C(N)=O)cnc21. The summed E-state index contributed by atoms with van der Waals surface area (Å²) >= 11 is 1.04. The van der Waals surface area contributed by atoms with Gasteiger partial charge in [-0.1, -0.05) is 37.3 Å². The van der Waals surface area contributed by atoms with E-state index in [1.54, 1.807) is 42.1 Å². The van der Waals surface area contributed by atoms with E-state index in [-0.39, 0.29) is 95.3 Å². The van der Waals surface area contributed by atoms with E-state index >= 15 is 0 Å². The van der Waals surface area contributed by atoms with Crippen molar-refractivity contribution in [2.24, 2.45) is 16.5 Å². The Morgan fingerprint density at radius 2 is 1.49 bits per heavy atom. The number of pyridine rings is 1. The Balaban J connectivity index is 1.11. The van der Waals surface area contributed by atoms with Crippen molar-refractivity contribution in [3.8, 4) is 5.75 Å². The Bertz CT molecular complexity index is 3560. The second-order valence-corrected chi connectivity index (χ2v) is 18.5. The third-order valence-corrected chi connectivity index (χ3v) is 12.8. The molecule has 0 aliphatic carbocycles. The van der Waals surface area contributed by atoms with Crippen LogP contribution in [0.2, 0.25) is 0 Å². The van der Waals surface area contributed by atoms with Crippen molar-refractivity contribution < 1.29 is 71.4 Å². The molecule has 414 valence electrons. The molecule has 0 bridgehead atoms. The highest BCUT2D eigenvalue weighted by molar-refractivity contribution is 7.16. The smallest absolute Gasteiger partial charge is 0.328 e. The van der Waals surface area contributed by atoms with Crippen molar-refractivity contribution in [2.75, 3.05) is 25.1 Å². The molecule has 28 nitrogen and oxygen atoms in total. The number of nitrogens with zero attached hydrogens (tertiary/aromatic N) is 8. The predicted molar refractivity (Wildman–Crippen MR) is 276 cm³/mol. The van der Waals surface area contributed by atoms with E-state index in [0.717, 1.165) is 23.5 Å². The minimum absolute atomic E-state index is 0.00643. The molecule has 1 aliphatic rings. The number of benzene rings is 1. The van der Waals surface area contributed by atoms with Crippen LogP contribution in [0.5, 0.6) is 5.75 Å². The van der Waals surface area contributed by atoms with Crippen molar-refractivity contribution in [3.63, 3.8) is 0 Å². The van der Waals surface area contributed by atoms with E-state index in [9.17, 15) is 53.1 Å². The fourth-order valence-corrected chi connectivity index (χ4v) is 9.03. The Labute approximate surface area is 450 Å². The average molecular weight is 1110 g/mol. The molecule has 0 spiro atoms. The molecule has 2 atom stereocenters. The van der Waals surface area contributed by atoms with Crippen LogP contribution in [0, 0.1) is 13.8 Å². The summed E-state index contributed by atoms with van der Waals surface area (Å²) in [5.41, 5.74) is 13.1. The second kappa shape index (κ2) is 25.0. The fourth-order valence-electron chi connectivity index (χ4n) is 7.93. The normalized spacial score (nSPS) is 13.3. The van der Waals surface area contributed by atoms with Gasteiger partial charge in [-0.2, -0.15) is 4.99 Å². The van der Waals surface area contributed by atoms with Crippen molar-refractivity contribution in [2.45, 2.75) is 91.9 Å². The van der Waals surface area contributed by atoms with E-state index in [1.165, 1.54) is 31.3 Å². The first-order valence-corrected chi connectivity index (χ1v) is 25.2. The zero-order chi connectivity index (χ0) is 57.2. The van der Waals surface area contributed by atoms with E-state index < -0.39 is 84.2 Å². The zero-order valence-electron chi connectivity index (χ0n) is 43.1. The summed E-state index contributed by atoms with van der Waals surface area (Å²) in [7, 11) is 0. The number of carbonyl (C=O) groups is 10. The number of aromatic nitrogens is 6. The summed E-state index contributed by atoms with van der Waals surface area (Å²) in [5.74, 6) is -7.79. The highest BCUT2D eigenvalue weighted by Gasteiger charge is 2.30. The number of primary amides is 2. The molecule has 0 saturated heterocycles. The maximum atomic E-state index is 13.8. The van der Waals surface area contributed by atoms with Crippen molar-refractivity contribution in [1.29, 1.82) is 0 Å². The van der Waals surface area contributed by atoms with Crippen LogP contribution < -0.4 is 37.0 Å². The number of imide groups is 1. The lowest BCUT2D eigenvalue weighted by molar-refractivity contribution is -0.148. The van der Waals surface area contributed by atoms with Crippen LogP contribution in [0.15, 0.2) is 62.5 Å². The third kappa shape index (κ3) is 13.7. The van der Waals surface area contributed by atoms with E-state index in [2.05, 4.69) is 40.9 Å². The summed E-state index contributed by atoms with van der Waals surface area (Å²) in [6.45, 7) is 7.07. The van der Waals surface area contributed by atoms with Crippen LogP contribution >= 0.6 is 11.3 Å². The lowest BCUT2D eigenvalue weighted by atomic mass is 10.1.